The second-order valence-corrected chi connectivity index (χ2v) is 17.6. The largest absolute Gasteiger partial charge is 0.457 e. The summed E-state index contributed by atoms with van der Waals surface area (Å²) in [5.41, 5.74) is 10.9. The zero-order chi connectivity index (χ0) is 44.9. The van der Waals surface area contributed by atoms with Crippen LogP contribution in [0.4, 0.5) is 48.6 Å². The molecule has 6 nitrogen and oxygen atoms in total. The van der Waals surface area contributed by atoms with Crippen LogP contribution in [-0.4, -0.2) is 16.2 Å². The number of hydrogen-bond acceptors (Lipinski definition) is 5. The van der Waals surface area contributed by atoms with E-state index in [1.54, 1.807) is 0 Å². The average Bonchev–Trinajstić information content (AvgIpc) is 3.88. The van der Waals surface area contributed by atoms with Crippen molar-refractivity contribution in [1.82, 2.24) is 9.55 Å². The van der Waals surface area contributed by atoms with Crippen LogP contribution in [0, 0.1) is 11.6 Å². The van der Waals surface area contributed by atoms with Gasteiger partial charge in [0.2, 0.25) is 0 Å². The zero-order valence-electron chi connectivity index (χ0n) is 36.7. The zero-order valence-corrected chi connectivity index (χ0v) is 36.7. The predicted octanol–water partition coefficient (Wildman–Crippen LogP) is 15.9. The summed E-state index contributed by atoms with van der Waals surface area (Å²) in [6, 6.07) is 65.7. The van der Waals surface area contributed by atoms with Gasteiger partial charge in [0.1, 0.15) is 35.6 Å². The molecule has 1 aliphatic heterocycles. The normalized spacial score (nSPS) is 12.5. The fraction of sp³-hybridized carbons (Fsp3) is 0.0862. The van der Waals surface area contributed by atoms with Crippen molar-refractivity contribution in [3.63, 3.8) is 0 Å². The molecule has 0 saturated heterocycles. The van der Waals surface area contributed by atoms with Gasteiger partial charge in [-0.3, -0.25) is 4.57 Å². The highest BCUT2D eigenvalue weighted by molar-refractivity contribution is 6.09. The Bertz CT molecular complexity index is 3360. The maximum absolute atomic E-state index is 14.7. The molecule has 0 N–H and O–H groups in total. The van der Waals surface area contributed by atoms with Crippen molar-refractivity contribution in [2.45, 2.75) is 26.2 Å². The summed E-state index contributed by atoms with van der Waals surface area (Å²) in [6.07, 6.45) is 1.90. The molecule has 322 valence electrons. The van der Waals surface area contributed by atoms with E-state index in [2.05, 4.69) is 143 Å². The molecule has 2 aromatic heterocycles. The molecule has 0 bridgehead atoms. The molecule has 8 aromatic carbocycles. The number of anilines is 7. The Balaban J connectivity index is 1.07. The van der Waals surface area contributed by atoms with E-state index in [4.69, 9.17) is 9.72 Å². The van der Waals surface area contributed by atoms with Crippen LogP contribution >= 0.6 is 0 Å². The average molecular weight is 866 g/mol. The third kappa shape index (κ3) is 7.46. The molecule has 0 saturated carbocycles. The van der Waals surface area contributed by atoms with Crippen molar-refractivity contribution in [3.05, 3.63) is 224 Å². The summed E-state index contributed by atoms with van der Waals surface area (Å²) in [4.78, 5) is 11.6. The third-order valence-corrected chi connectivity index (χ3v) is 12.3. The highest BCUT2D eigenvalue weighted by atomic mass is 19.1. The van der Waals surface area contributed by atoms with E-state index in [0.29, 0.717) is 23.7 Å². The Morgan fingerprint density at radius 2 is 1.14 bits per heavy atom. The Morgan fingerprint density at radius 3 is 1.85 bits per heavy atom. The minimum absolute atomic E-state index is 0.0577. The van der Waals surface area contributed by atoms with Gasteiger partial charge in [0.15, 0.2) is 0 Å². The van der Waals surface area contributed by atoms with E-state index in [1.807, 2.05) is 85.1 Å². The van der Waals surface area contributed by atoms with Gasteiger partial charge in [-0.25, -0.2) is 13.8 Å². The van der Waals surface area contributed by atoms with Crippen molar-refractivity contribution in [1.29, 1.82) is 0 Å². The van der Waals surface area contributed by atoms with Crippen LogP contribution in [-0.2, 0) is 5.41 Å². The first-order chi connectivity index (χ1) is 32.2. The Morgan fingerprint density at radius 1 is 0.515 bits per heavy atom. The number of aromatic nitrogens is 2. The number of para-hydroxylation sites is 6. The van der Waals surface area contributed by atoms with Crippen LogP contribution in [0.5, 0.6) is 11.5 Å². The summed E-state index contributed by atoms with van der Waals surface area (Å²) in [7, 11) is 0. The second-order valence-electron chi connectivity index (χ2n) is 17.6. The molecule has 0 aliphatic carbocycles. The lowest BCUT2D eigenvalue weighted by Crippen LogP contribution is -2.24. The molecular weight excluding hydrogens is 821 g/mol. The highest BCUT2D eigenvalue weighted by Gasteiger charge is 2.31. The lowest BCUT2D eigenvalue weighted by atomic mass is 9.88. The molecule has 0 fully saturated rings. The number of hydrogen-bond donors (Lipinski definition) is 0. The second kappa shape index (κ2) is 16.4. The first-order valence-electron chi connectivity index (χ1n) is 22.1. The summed E-state index contributed by atoms with van der Waals surface area (Å²) >= 11 is 0. The Labute approximate surface area is 382 Å². The molecule has 3 heterocycles. The first kappa shape index (κ1) is 40.5. The molecular formula is C58H45F2N5O. The molecule has 10 aromatic rings. The maximum atomic E-state index is 14.7. The Hall–Kier alpha value is -8.23. The number of benzene rings is 8. The van der Waals surface area contributed by atoms with Crippen LogP contribution in [0.1, 0.15) is 26.3 Å². The Kier molecular flexibility index (Phi) is 10.1. The van der Waals surface area contributed by atoms with Crippen molar-refractivity contribution >= 4 is 61.6 Å². The lowest BCUT2D eigenvalue weighted by molar-refractivity contribution is 0.483. The fourth-order valence-corrected chi connectivity index (χ4v) is 9.22. The quantitative estimate of drug-likeness (QED) is 0.144. The smallest absolute Gasteiger partial charge is 0.137 e. The molecule has 8 heteroatoms. The van der Waals surface area contributed by atoms with Gasteiger partial charge in [-0.05, 0) is 108 Å². The number of nitrogens with zero attached hydrogens (tertiary/aromatic N) is 5. The predicted molar refractivity (Wildman–Crippen MR) is 266 cm³/mol. The molecule has 0 atom stereocenters. The monoisotopic (exact) mass is 865 g/mol. The van der Waals surface area contributed by atoms with E-state index in [0.717, 1.165) is 79.1 Å². The number of pyridine rings is 1. The van der Waals surface area contributed by atoms with Gasteiger partial charge in [0.25, 0.3) is 0 Å². The fourth-order valence-electron chi connectivity index (χ4n) is 9.22. The molecule has 0 amide bonds. The van der Waals surface area contributed by atoms with Crippen molar-refractivity contribution in [3.8, 4) is 28.4 Å². The summed E-state index contributed by atoms with van der Waals surface area (Å²) in [5, 5.41) is 2.23. The molecule has 66 heavy (non-hydrogen) atoms. The van der Waals surface area contributed by atoms with Gasteiger partial charge >= 0.3 is 0 Å². The van der Waals surface area contributed by atoms with Crippen LogP contribution in [0.15, 0.2) is 206 Å². The number of rotatable bonds is 9. The van der Waals surface area contributed by atoms with Crippen LogP contribution in [0.25, 0.3) is 38.8 Å². The van der Waals surface area contributed by atoms with E-state index in [-0.39, 0.29) is 5.41 Å². The molecule has 1 aliphatic rings. The van der Waals surface area contributed by atoms with Crippen LogP contribution in [0.3, 0.4) is 0 Å². The minimum atomic E-state index is -0.624. The van der Waals surface area contributed by atoms with Crippen LogP contribution < -0.4 is 19.4 Å². The van der Waals surface area contributed by atoms with Crippen molar-refractivity contribution in [2.24, 2.45) is 0 Å². The van der Waals surface area contributed by atoms with Gasteiger partial charge in [-0.2, -0.15) is 0 Å². The number of halogens is 2. The van der Waals surface area contributed by atoms with Gasteiger partial charge in [0, 0.05) is 63.9 Å². The van der Waals surface area contributed by atoms with E-state index in [1.165, 1.54) is 17.7 Å². The van der Waals surface area contributed by atoms with Gasteiger partial charge in [0.05, 0.1) is 33.8 Å². The number of fused-ring (bicyclic) bond motifs is 4. The van der Waals surface area contributed by atoms with E-state index in [9.17, 15) is 8.78 Å². The lowest BCUT2D eigenvalue weighted by Gasteiger charge is -2.29. The van der Waals surface area contributed by atoms with E-state index < -0.39 is 11.6 Å². The van der Waals surface area contributed by atoms with E-state index >= 15 is 0 Å². The van der Waals surface area contributed by atoms with Crippen molar-refractivity contribution < 1.29 is 13.5 Å². The first-order valence-corrected chi connectivity index (χ1v) is 22.1. The topological polar surface area (TPSA) is 36.8 Å². The van der Waals surface area contributed by atoms with Crippen LogP contribution in [0.2, 0.25) is 0 Å². The van der Waals surface area contributed by atoms with Gasteiger partial charge in [-0.15, -0.1) is 0 Å². The van der Waals surface area contributed by atoms with Crippen molar-refractivity contribution in [2.75, 3.05) is 21.4 Å². The minimum Gasteiger partial charge on any atom is -0.457 e. The van der Waals surface area contributed by atoms with Gasteiger partial charge in [-0.1, -0.05) is 106 Å². The highest BCUT2D eigenvalue weighted by Crippen LogP contribution is 2.49. The third-order valence-electron chi connectivity index (χ3n) is 12.3. The molecule has 0 spiro atoms. The molecule has 0 unspecified atom stereocenters. The maximum Gasteiger partial charge on any atom is 0.137 e. The summed E-state index contributed by atoms with van der Waals surface area (Å²) in [6.45, 7) is 7.07. The van der Waals surface area contributed by atoms with Gasteiger partial charge < -0.3 is 19.4 Å². The standard InChI is InChI=1S/C58H45F2N5O/c1-58(2,3)40-28-29-61-57(32-40)65-53-23-13-11-21-50(53)51-27-26-47(37-56(51)65)66-48-35-45(34-46(36-48)64(43-16-6-4-7-17-43)44-18-8-5-9-19-44)62-38-63(55-25-15-14-24-54(55)62)52-22-12-10-20-49(52)39-30-41(59)33-42(60)31-39/h4-37H,38H2,1-3H3. The molecule has 0 radical (unpaired) electrons. The molecule has 11 rings (SSSR count). The summed E-state index contributed by atoms with van der Waals surface area (Å²) in [5.74, 6) is 0.910. The summed E-state index contributed by atoms with van der Waals surface area (Å²) < 4.78 is 38.6. The number of ether oxygens (including phenoxy) is 1. The SMILES string of the molecule is CC(C)(C)c1ccnc(-n2c3ccccc3c3ccc(Oc4cc(N5CN(c6ccccc6-c6cc(F)cc(F)c6)c6ccccc65)cc(N(c5ccccc5)c5ccccc5)c4)cc32)c1.